The van der Waals surface area contributed by atoms with E-state index in [4.69, 9.17) is 4.74 Å². The van der Waals surface area contributed by atoms with Crippen molar-refractivity contribution in [3.05, 3.63) is 53.8 Å². The third kappa shape index (κ3) is 5.37. The van der Waals surface area contributed by atoms with Gasteiger partial charge in [-0.1, -0.05) is 6.42 Å². The number of nitrogens with one attached hydrogen (secondary N) is 1. The fourth-order valence-corrected chi connectivity index (χ4v) is 5.79. The normalized spacial score (nSPS) is 15.8. The Morgan fingerprint density at radius 3 is 2.23 bits per heavy atom. The zero-order valence-corrected chi connectivity index (χ0v) is 18.3. The fourth-order valence-electron chi connectivity index (χ4n) is 3.17. The van der Waals surface area contributed by atoms with Crippen LogP contribution in [0, 0.1) is 12.7 Å². The van der Waals surface area contributed by atoms with Crippen molar-refractivity contribution >= 4 is 20.0 Å². The van der Waals surface area contributed by atoms with Crippen LogP contribution in [0.5, 0.6) is 5.75 Å². The van der Waals surface area contributed by atoms with Crippen LogP contribution in [0.2, 0.25) is 0 Å². The van der Waals surface area contributed by atoms with Gasteiger partial charge < -0.3 is 4.74 Å². The maximum atomic E-state index is 13.3. The van der Waals surface area contributed by atoms with Crippen LogP contribution in [0.1, 0.15) is 24.8 Å². The maximum absolute atomic E-state index is 13.3. The van der Waals surface area contributed by atoms with E-state index in [9.17, 15) is 21.2 Å². The number of rotatable bonds is 8. The van der Waals surface area contributed by atoms with Gasteiger partial charge in [-0.3, -0.25) is 0 Å². The van der Waals surface area contributed by atoms with E-state index in [1.54, 1.807) is 12.1 Å². The lowest BCUT2D eigenvalue weighted by Crippen LogP contribution is -2.35. The van der Waals surface area contributed by atoms with Crippen molar-refractivity contribution in [2.24, 2.45) is 0 Å². The third-order valence-electron chi connectivity index (χ3n) is 4.88. The molecule has 0 saturated carbocycles. The van der Waals surface area contributed by atoms with Gasteiger partial charge in [0.2, 0.25) is 20.0 Å². The van der Waals surface area contributed by atoms with Gasteiger partial charge in [0, 0.05) is 19.6 Å². The number of hydrogen-bond acceptors (Lipinski definition) is 5. The molecule has 0 unspecified atom stereocenters. The second kappa shape index (κ2) is 9.42. The second-order valence-electron chi connectivity index (χ2n) is 7.09. The Balaban J connectivity index is 1.53. The minimum atomic E-state index is -3.77. The van der Waals surface area contributed by atoms with Gasteiger partial charge >= 0.3 is 0 Å². The van der Waals surface area contributed by atoms with Gasteiger partial charge in [-0.15, -0.1) is 0 Å². The first kappa shape index (κ1) is 22.7. The summed E-state index contributed by atoms with van der Waals surface area (Å²) >= 11 is 0. The number of nitrogens with zero attached hydrogens (tertiary/aromatic N) is 1. The predicted octanol–water partition coefficient (Wildman–Crippen LogP) is 2.67. The molecule has 3 rings (SSSR count). The minimum Gasteiger partial charge on any atom is -0.492 e. The second-order valence-corrected chi connectivity index (χ2v) is 10.8. The lowest BCUT2D eigenvalue weighted by molar-refractivity contribution is 0.322. The average Bonchev–Trinajstić information content (AvgIpc) is 2.74. The van der Waals surface area contributed by atoms with Crippen LogP contribution in [-0.4, -0.2) is 47.4 Å². The van der Waals surface area contributed by atoms with Gasteiger partial charge in [0.05, 0.1) is 9.79 Å². The summed E-state index contributed by atoms with van der Waals surface area (Å²) in [6, 6.07) is 9.66. The summed E-state index contributed by atoms with van der Waals surface area (Å²) in [5.41, 5.74) is 0.244. The van der Waals surface area contributed by atoms with E-state index in [1.807, 2.05) is 0 Å². The number of benzene rings is 2. The number of halogens is 1. The van der Waals surface area contributed by atoms with Crippen LogP contribution >= 0.6 is 0 Å². The van der Waals surface area contributed by atoms with Crippen LogP contribution in [-0.2, 0) is 20.0 Å². The van der Waals surface area contributed by atoms with Crippen LogP contribution in [0.4, 0.5) is 4.39 Å². The van der Waals surface area contributed by atoms with Crippen molar-refractivity contribution < 1.29 is 26.0 Å². The summed E-state index contributed by atoms with van der Waals surface area (Å²) in [5, 5.41) is 0. The van der Waals surface area contributed by atoms with E-state index in [2.05, 4.69) is 4.72 Å². The first-order chi connectivity index (χ1) is 14.2. The van der Waals surface area contributed by atoms with Crippen molar-refractivity contribution in [3.8, 4) is 5.75 Å². The van der Waals surface area contributed by atoms with E-state index in [0.29, 0.717) is 18.8 Å². The topological polar surface area (TPSA) is 92.8 Å². The third-order valence-corrected chi connectivity index (χ3v) is 8.25. The van der Waals surface area contributed by atoms with Crippen LogP contribution < -0.4 is 9.46 Å². The van der Waals surface area contributed by atoms with Gasteiger partial charge in [-0.05, 0) is 67.8 Å². The SMILES string of the molecule is Cc1cc(S(=O)(=O)NCCOc2ccc(S(=O)(=O)N3CCCCC3)cc2)ccc1F. The standard InChI is InChI=1S/C20H25FN2O5S2/c1-16-15-19(9-10-20(16)21)29(24,25)22-11-14-28-17-5-7-18(8-6-17)30(26,27)23-12-3-2-4-13-23/h5-10,15,22H,2-4,11-14H2,1H3. The molecule has 0 radical (unpaired) electrons. The largest absolute Gasteiger partial charge is 0.492 e. The summed E-state index contributed by atoms with van der Waals surface area (Å²) in [4.78, 5) is 0.192. The summed E-state index contributed by atoms with van der Waals surface area (Å²) in [6.45, 7) is 2.62. The van der Waals surface area contributed by atoms with Crippen molar-refractivity contribution in [2.75, 3.05) is 26.2 Å². The quantitative estimate of drug-likeness (QED) is 0.617. The van der Waals surface area contributed by atoms with E-state index >= 15 is 0 Å². The van der Waals surface area contributed by atoms with E-state index < -0.39 is 25.9 Å². The van der Waals surface area contributed by atoms with Crippen LogP contribution in [0.3, 0.4) is 0 Å². The molecule has 1 heterocycles. The lowest BCUT2D eigenvalue weighted by Gasteiger charge is -2.25. The predicted molar refractivity (Wildman–Crippen MR) is 111 cm³/mol. The highest BCUT2D eigenvalue weighted by Crippen LogP contribution is 2.22. The summed E-state index contributed by atoms with van der Waals surface area (Å²) in [5.74, 6) is -0.0348. The van der Waals surface area contributed by atoms with E-state index in [1.165, 1.54) is 35.5 Å². The molecule has 2 aromatic rings. The highest BCUT2D eigenvalue weighted by Gasteiger charge is 2.25. The van der Waals surface area contributed by atoms with Gasteiger partial charge in [-0.2, -0.15) is 4.31 Å². The summed E-state index contributed by atoms with van der Waals surface area (Å²) < 4.78 is 72.5. The summed E-state index contributed by atoms with van der Waals surface area (Å²) in [7, 11) is -7.28. The first-order valence-electron chi connectivity index (χ1n) is 9.69. The lowest BCUT2D eigenvalue weighted by atomic mass is 10.2. The Morgan fingerprint density at radius 1 is 0.967 bits per heavy atom. The zero-order chi connectivity index (χ0) is 21.8. The van der Waals surface area contributed by atoms with Gasteiger partial charge in [-0.25, -0.2) is 25.9 Å². The highest BCUT2D eigenvalue weighted by molar-refractivity contribution is 7.89. The van der Waals surface area contributed by atoms with Crippen molar-refractivity contribution in [1.82, 2.24) is 9.03 Å². The summed E-state index contributed by atoms with van der Waals surface area (Å²) in [6.07, 6.45) is 2.78. The molecule has 0 bridgehead atoms. The monoisotopic (exact) mass is 456 g/mol. The number of aryl methyl sites for hydroxylation is 1. The molecule has 1 fully saturated rings. The molecule has 10 heteroatoms. The molecule has 2 aromatic carbocycles. The van der Waals surface area contributed by atoms with Crippen molar-refractivity contribution in [2.45, 2.75) is 36.0 Å². The molecule has 1 N–H and O–H groups in total. The molecule has 164 valence electrons. The van der Waals surface area contributed by atoms with Crippen molar-refractivity contribution in [3.63, 3.8) is 0 Å². The zero-order valence-electron chi connectivity index (χ0n) is 16.7. The molecule has 1 aliphatic rings. The average molecular weight is 457 g/mol. The number of ether oxygens (including phenoxy) is 1. The fraction of sp³-hybridized carbons (Fsp3) is 0.400. The molecular weight excluding hydrogens is 431 g/mol. The van der Waals surface area contributed by atoms with E-state index in [-0.39, 0.29) is 28.5 Å². The van der Waals surface area contributed by atoms with Gasteiger partial charge in [0.15, 0.2) is 0 Å². The Kier molecular flexibility index (Phi) is 7.12. The smallest absolute Gasteiger partial charge is 0.243 e. The molecule has 30 heavy (non-hydrogen) atoms. The Morgan fingerprint density at radius 2 is 1.60 bits per heavy atom. The number of piperidine rings is 1. The molecular formula is C20H25FN2O5S2. The van der Waals surface area contributed by atoms with Gasteiger partial charge in [0.25, 0.3) is 0 Å². The number of hydrogen-bond donors (Lipinski definition) is 1. The molecule has 7 nitrogen and oxygen atoms in total. The van der Waals surface area contributed by atoms with Crippen molar-refractivity contribution in [1.29, 1.82) is 0 Å². The Hall–Kier alpha value is -2.01. The maximum Gasteiger partial charge on any atom is 0.243 e. The molecule has 0 amide bonds. The van der Waals surface area contributed by atoms with Gasteiger partial charge in [0.1, 0.15) is 18.2 Å². The van der Waals surface area contributed by atoms with Crippen LogP contribution in [0.25, 0.3) is 0 Å². The Labute approximate surface area is 177 Å². The molecule has 1 aliphatic heterocycles. The number of sulfonamides is 2. The van der Waals surface area contributed by atoms with Crippen LogP contribution in [0.15, 0.2) is 52.3 Å². The molecule has 1 saturated heterocycles. The molecule has 0 atom stereocenters. The minimum absolute atomic E-state index is 0.00653. The Bertz CT molecular complexity index is 1080. The molecule has 0 aromatic heterocycles. The first-order valence-corrected chi connectivity index (χ1v) is 12.6. The van der Waals surface area contributed by atoms with E-state index in [0.717, 1.165) is 25.3 Å². The molecule has 0 spiro atoms. The highest BCUT2D eigenvalue weighted by atomic mass is 32.2. The molecule has 0 aliphatic carbocycles.